The monoisotopic (exact) mass is 306 g/mol. The van der Waals surface area contributed by atoms with E-state index in [4.69, 9.17) is 4.74 Å². The fourth-order valence-corrected chi connectivity index (χ4v) is 2.68. The zero-order chi connectivity index (χ0) is 15.7. The standard InChI is InChI=1S/C15H15FN2O4/c16-10-4-1-3-9-12(10)15(21)18(14(9)20)7-6-17-13(19)11-5-2-8-22-11/h1,3-4,11H,2,5-8H2,(H,17,19). The van der Waals surface area contributed by atoms with E-state index in [2.05, 4.69) is 5.32 Å². The van der Waals surface area contributed by atoms with Crippen LogP contribution in [-0.2, 0) is 9.53 Å². The molecule has 1 N–H and O–H groups in total. The van der Waals surface area contributed by atoms with Gasteiger partial charge in [0.15, 0.2) is 0 Å². The van der Waals surface area contributed by atoms with Crippen molar-refractivity contribution in [3.05, 3.63) is 35.1 Å². The van der Waals surface area contributed by atoms with Crippen molar-refractivity contribution in [1.29, 1.82) is 0 Å². The Morgan fingerprint density at radius 2 is 2.18 bits per heavy atom. The van der Waals surface area contributed by atoms with Crippen molar-refractivity contribution in [2.75, 3.05) is 19.7 Å². The van der Waals surface area contributed by atoms with Crippen molar-refractivity contribution in [1.82, 2.24) is 10.2 Å². The third-order valence-corrected chi connectivity index (χ3v) is 3.80. The predicted octanol–water partition coefficient (Wildman–Crippen LogP) is 0.717. The number of nitrogens with zero attached hydrogens (tertiary/aromatic N) is 1. The zero-order valence-electron chi connectivity index (χ0n) is 11.8. The number of carbonyl (C=O) groups excluding carboxylic acids is 3. The number of nitrogens with one attached hydrogen (secondary N) is 1. The molecule has 7 heteroatoms. The highest BCUT2D eigenvalue weighted by Crippen LogP contribution is 2.24. The third-order valence-electron chi connectivity index (χ3n) is 3.80. The summed E-state index contributed by atoms with van der Waals surface area (Å²) in [5.74, 6) is -2.16. The highest BCUT2D eigenvalue weighted by atomic mass is 19.1. The number of carbonyl (C=O) groups is 3. The molecule has 3 rings (SSSR count). The van der Waals surface area contributed by atoms with Crippen molar-refractivity contribution in [3.63, 3.8) is 0 Å². The minimum Gasteiger partial charge on any atom is -0.368 e. The van der Waals surface area contributed by atoms with Gasteiger partial charge < -0.3 is 10.1 Å². The van der Waals surface area contributed by atoms with Crippen LogP contribution in [0.2, 0.25) is 0 Å². The Balaban J connectivity index is 1.60. The van der Waals surface area contributed by atoms with Crippen LogP contribution in [0.15, 0.2) is 18.2 Å². The molecule has 1 aromatic carbocycles. The number of hydrogen-bond acceptors (Lipinski definition) is 4. The van der Waals surface area contributed by atoms with Crippen molar-refractivity contribution < 1.29 is 23.5 Å². The van der Waals surface area contributed by atoms with Gasteiger partial charge in [-0.3, -0.25) is 19.3 Å². The Hall–Kier alpha value is -2.28. The van der Waals surface area contributed by atoms with Gasteiger partial charge >= 0.3 is 0 Å². The van der Waals surface area contributed by atoms with Gasteiger partial charge in [0, 0.05) is 19.7 Å². The summed E-state index contributed by atoms with van der Waals surface area (Å²) in [6.07, 6.45) is 1.06. The van der Waals surface area contributed by atoms with Crippen molar-refractivity contribution in [2.24, 2.45) is 0 Å². The molecule has 1 atom stereocenters. The first-order valence-corrected chi connectivity index (χ1v) is 7.13. The highest BCUT2D eigenvalue weighted by Gasteiger charge is 2.37. The second-order valence-corrected chi connectivity index (χ2v) is 5.22. The fourth-order valence-electron chi connectivity index (χ4n) is 2.68. The molecule has 1 unspecified atom stereocenters. The van der Waals surface area contributed by atoms with E-state index in [9.17, 15) is 18.8 Å². The van der Waals surface area contributed by atoms with Crippen molar-refractivity contribution >= 4 is 17.7 Å². The van der Waals surface area contributed by atoms with Gasteiger partial charge in [-0.15, -0.1) is 0 Å². The summed E-state index contributed by atoms with van der Waals surface area (Å²) in [5.41, 5.74) is -0.131. The third kappa shape index (κ3) is 2.48. The Morgan fingerprint density at radius 1 is 1.36 bits per heavy atom. The smallest absolute Gasteiger partial charge is 0.264 e. The largest absolute Gasteiger partial charge is 0.368 e. The average Bonchev–Trinajstić information content (AvgIpc) is 3.11. The van der Waals surface area contributed by atoms with Crippen LogP contribution in [0.5, 0.6) is 0 Å². The van der Waals surface area contributed by atoms with Crippen LogP contribution in [0.25, 0.3) is 0 Å². The summed E-state index contributed by atoms with van der Waals surface area (Å²) in [5, 5.41) is 2.63. The molecule has 0 saturated carbocycles. The molecule has 2 aliphatic rings. The zero-order valence-corrected chi connectivity index (χ0v) is 11.8. The number of halogens is 1. The first-order valence-electron chi connectivity index (χ1n) is 7.13. The second-order valence-electron chi connectivity index (χ2n) is 5.22. The maximum absolute atomic E-state index is 13.7. The van der Waals surface area contributed by atoms with Crippen LogP contribution in [0.3, 0.4) is 0 Å². The average molecular weight is 306 g/mol. The molecule has 116 valence electrons. The summed E-state index contributed by atoms with van der Waals surface area (Å²) >= 11 is 0. The summed E-state index contributed by atoms with van der Waals surface area (Å²) in [7, 11) is 0. The maximum atomic E-state index is 13.7. The van der Waals surface area contributed by atoms with E-state index >= 15 is 0 Å². The molecule has 22 heavy (non-hydrogen) atoms. The quantitative estimate of drug-likeness (QED) is 0.832. The molecular formula is C15H15FN2O4. The minimum absolute atomic E-state index is 0.00421. The van der Waals surface area contributed by atoms with Crippen LogP contribution in [0.4, 0.5) is 4.39 Å². The summed E-state index contributed by atoms with van der Waals surface area (Å²) in [6.45, 7) is 0.686. The molecule has 0 radical (unpaired) electrons. The van der Waals surface area contributed by atoms with E-state index in [0.29, 0.717) is 13.0 Å². The molecule has 1 saturated heterocycles. The maximum Gasteiger partial charge on any atom is 0.264 e. The lowest BCUT2D eigenvalue weighted by molar-refractivity contribution is -0.130. The first-order chi connectivity index (χ1) is 10.6. The van der Waals surface area contributed by atoms with Gasteiger partial charge in [0.25, 0.3) is 11.8 Å². The summed E-state index contributed by atoms with van der Waals surface area (Å²) < 4.78 is 18.9. The molecule has 0 aliphatic carbocycles. The Kier molecular flexibility index (Phi) is 3.89. The first kappa shape index (κ1) is 14.6. The van der Waals surface area contributed by atoms with Crippen LogP contribution >= 0.6 is 0 Å². The van der Waals surface area contributed by atoms with E-state index in [-0.39, 0.29) is 30.1 Å². The second kappa shape index (κ2) is 5.84. The normalized spacial score (nSPS) is 20.4. The van der Waals surface area contributed by atoms with E-state index in [1.54, 1.807) is 0 Å². The summed E-state index contributed by atoms with van der Waals surface area (Å²) in [6, 6.07) is 3.96. The fraction of sp³-hybridized carbons (Fsp3) is 0.400. The van der Waals surface area contributed by atoms with E-state index in [1.807, 2.05) is 0 Å². The van der Waals surface area contributed by atoms with Gasteiger partial charge in [-0.1, -0.05) is 6.07 Å². The van der Waals surface area contributed by atoms with Crippen LogP contribution in [0.1, 0.15) is 33.6 Å². The Bertz CT molecular complexity index is 640. The van der Waals surface area contributed by atoms with Crippen molar-refractivity contribution in [3.8, 4) is 0 Å². The predicted molar refractivity (Wildman–Crippen MR) is 73.8 cm³/mol. The molecule has 1 aromatic rings. The number of fused-ring (bicyclic) bond motifs is 1. The SMILES string of the molecule is O=C(NCCN1C(=O)c2cccc(F)c2C1=O)C1CCCO1. The number of ether oxygens (including phenoxy) is 1. The molecule has 2 aliphatic heterocycles. The molecular weight excluding hydrogens is 291 g/mol. The van der Waals surface area contributed by atoms with Gasteiger partial charge in [0.05, 0.1) is 11.1 Å². The van der Waals surface area contributed by atoms with Gasteiger partial charge in [-0.05, 0) is 25.0 Å². The number of rotatable bonds is 4. The number of imide groups is 1. The van der Waals surface area contributed by atoms with E-state index in [1.165, 1.54) is 12.1 Å². The lowest BCUT2D eigenvalue weighted by Crippen LogP contribution is -2.41. The van der Waals surface area contributed by atoms with E-state index in [0.717, 1.165) is 17.4 Å². The molecule has 6 nitrogen and oxygen atoms in total. The molecule has 2 heterocycles. The molecule has 3 amide bonds. The van der Waals surface area contributed by atoms with Crippen LogP contribution in [0, 0.1) is 5.82 Å². The number of amides is 3. The lowest BCUT2D eigenvalue weighted by Gasteiger charge is -2.15. The topological polar surface area (TPSA) is 75.7 Å². The van der Waals surface area contributed by atoms with Gasteiger partial charge in [0.1, 0.15) is 11.9 Å². The van der Waals surface area contributed by atoms with Gasteiger partial charge in [-0.2, -0.15) is 0 Å². The Labute approximate surface area is 126 Å². The molecule has 1 fully saturated rings. The number of hydrogen-bond donors (Lipinski definition) is 1. The lowest BCUT2D eigenvalue weighted by atomic mass is 10.1. The summed E-state index contributed by atoms with van der Waals surface area (Å²) in [4.78, 5) is 36.9. The highest BCUT2D eigenvalue weighted by molar-refractivity contribution is 6.21. The number of benzene rings is 1. The molecule has 0 aromatic heterocycles. The van der Waals surface area contributed by atoms with Gasteiger partial charge in [0.2, 0.25) is 5.91 Å². The van der Waals surface area contributed by atoms with E-state index < -0.39 is 23.7 Å². The van der Waals surface area contributed by atoms with Crippen LogP contribution < -0.4 is 5.32 Å². The Morgan fingerprint density at radius 3 is 2.86 bits per heavy atom. The van der Waals surface area contributed by atoms with Crippen molar-refractivity contribution in [2.45, 2.75) is 18.9 Å². The van der Waals surface area contributed by atoms with Gasteiger partial charge in [-0.25, -0.2) is 4.39 Å². The molecule has 0 spiro atoms. The molecule has 0 bridgehead atoms. The van der Waals surface area contributed by atoms with Crippen LogP contribution in [-0.4, -0.2) is 48.4 Å². The minimum atomic E-state index is -0.707.